The van der Waals surface area contributed by atoms with Gasteiger partial charge in [-0.3, -0.25) is 4.79 Å². The summed E-state index contributed by atoms with van der Waals surface area (Å²) in [4.78, 5) is 12.6. The number of piperidine rings is 1. The van der Waals surface area contributed by atoms with Gasteiger partial charge in [-0.15, -0.1) is 0 Å². The Kier molecular flexibility index (Phi) is 3.31. The van der Waals surface area contributed by atoms with Crippen LogP contribution in [0.2, 0.25) is 0 Å². The average molecular weight is 258 g/mol. The molecule has 1 aliphatic heterocycles. The van der Waals surface area contributed by atoms with Crippen LogP contribution in [0.1, 0.15) is 31.7 Å². The predicted octanol–water partition coefficient (Wildman–Crippen LogP) is 1.83. The number of hydrogen-bond acceptors (Lipinski definition) is 2. The number of benzene rings is 1. The van der Waals surface area contributed by atoms with E-state index in [1.165, 1.54) is 5.56 Å². The van der Waals surface area contributed by atoms with Crippen LogP contribution in [-0.2, 0) is 10.2 Å². The van der Waals surface area contributed by atoms with Crippen molar-refractivity contribution in [2.24, 2.45) is 5.92 Å². The Bertz CT molecular complexity index is 453. The molecule has 1 aromatic carbocycles. The smallest absolute Gasteiger partial charge is 0.230 e. The van der Waals surface area contributed by atoms with Crippen LogP contribution < -0.4 is 10.6 Å². The van der Waals surface area contributed by atoms with Crippen molar-refractivity contribution in [2.45, 2.75) is 37.6 Å². The third-order valence-corrected chi connectivity index (χ3v) is 4.61. The zero-order chi connectivity index (χ0) is 13.3. The van der Waals surface area contributed by atoms with Gasteiger partial charge in [0, 0.05) is 6.04 Å². The standard InChI is InChI=1S/C16H22N2O/c1-12-11-17-10-7-14(12)18-15(19)16(8-9-16)13-5-3-2-4-6-13/h2-6,12,14,17H,7-11H2,1H3,(H,18,19). The molecule has 2 unspecified atom stereocenters. The maximum absolute atomic E-state index is 12.6. The van der Waals surface area contributed by atoms with Crippen molar-refractivity contribution >= 4 is 5.91 Å². The molecule has 2 aliphatic rings. The first kappa shape index (κ1) is 12.7. The second-order valence-corrected chi connectivity index (χ2v) is 6.00. The lowest BCUT2D eigenvalue weighted by Gasteiger charge is -2.31. The van der Waals surface area contributed by atoms with E-state index >= 15 is 0 Å². The lowest BCUT2D eigenvalue weighted by Crippen LogP contribution is -2.50. The topological polar surface area (TPSA) is 41.1 Å². The van der Waals surface area contributed by atoms with Crippen LogP contribution >= 0.6 is 0 Å². The number of rotatable bonds is 3. The molecule has 3 nitrogen and oxygen atoms in total. The van der Waals surface area contributed by atoms with Gasteiger partial charge in [0.15, 0.2) is 0 Å². The summed E-state index contributed by atoms with van der Waals surface area (Å²) in [6.07, 6.45) is 3.02. The van der Waals surface area contributed by atoms with Crippen molar-refractivity contribution in [1.82, 2.24) is 10.6 Å². The summed E-state index contributed by atoms with van der Waals surface area (Å²) >= 11 is 0. The van der Waals surface area contributed by atoms with E-state index in [2.05, 4.69) is 29.7 Å². The van der Waals surface area contributed by atoms with Crippen molar-refractivity contribution in [3.05, 3.63) is 35.9 Å². The molecule has 0 aromatic heterocycles. The summed E-state index contributed by atoms with van der Waals surface area (Å²) in [5, 5.41) is 6.66. The monoisotopic (exact) mass is 258 g/mol. The second-order valence-electron chi connectivity index (χ2n) is 6.00. The maximum Gasteiger partial charge on any atom is 0.230 e. The minimum Gasteiger partial charge on any atom is -0.352 e. The summed E-state index contributed by atoms with van der Waals surface area (Å²) in [7, 11) is 0. The highest BCUT2D eigenvalue weighted by Crippen LogP contribution is 2.48. The third-order valence-electron chi connectivity index (χ3n) is 4.61. The molecule has 1 aliphatic carbocycles. The molecule has 2 atom stereocenters. The zero-order valence-electron chi connectivity index (χ0n) is 11.5. The Morgan fingerprint density at radius 2 is 2.05 bits per heavy atom. The third kappa shape index (κ3) is 2.39. The molecule has 1 amide bonds. The van der Waals surface area contributed by atoms with E-state index in [1.54, 1.807) is 0 Å². The summed E-state index contributed by atoms with van der Waals surface area (Å²) in [5.74, 6) is 0.752. The van der Waals surface area contributed by atoms with Gasteiger partial charge in [-0.25, -0.2) is 0 Å². The van der Waals surface area contributed by atoms with Gasteiger partial charge in [0.25, 0.3) is 0 Å². The fourth-order valence-corrected chi connectivity index (χ4v) is 3.06. The quantitative estimate of drug-likeness (QED) is 0.868. The molecule has 1 aromatic rings. The number of amides is 1. The molecule has 1 saturated heterocycles. The number of carbonyl (C=O) groups is 1. The van der Waals surface area contributed by atoms with Gasteiger partial charge in [0.2, 0.25) is 5.91 Å². The van der Waals surface area contributed by atoms with E-state index in [9.17, 15) is 4.79 Å². The van der Waals surface area contributed by atoms with Gasteiger partial charge >= 0.3 is 0 Å². The lowest BCUT2D eigenvalue weighted by molar-refractivity contribution is -0.124. The Morgan fingerprint density at radius 1 is 1.32 bits per heavy atom. The predicted molar refractivity (Wildman–Crippen MR) is 75.9 cm³/mol. The molecule has 0 spiro atoms. The maximum atomic E-state index is 12.6. The van der Waals surface area contributed by atoms with Crippen LogP contribution in [0, 0.1) is 5.92 Å². The molecular formula is C16H22N2O. The molecule has 1 heterocycles. The highest BCUT2D eigenvalue weighted by Gasteiger charge is 2.51. The van der Waals surface area contributed by atoms with E-state index in [1.807, 2.05) is 18.2 Å². The molecule has 19 heavy (non-hydrogen) atoms. The van der Waals surface area contributed by atoms with E-state index < -0.39 is 0 Å². The summed E-state index contributed by atoms with van der Waals surface area (Å²) in [6, 6.07) is 10.5. The van der Waals surface area contributed by atoms with Crippen molar-refractivity contribution < 1.29 is 4.79 Å². The lowest BCUT2D eigenvalue weighted by atomic mass is 9.91. The first-order chi connectivity index (χ1) is 9.22. The highest BCUT2D eigenvalue weighted by atomic mass is 16.2. The molecule has 0 bridgehead atoms. The van der Waals surface area contributed by atoms with Gasteiger partial charge in [0.05, 0.1) is 5.41 Å². The molecule has 3 heteroatoms. The van der Waals surface area contributed by atoms with Gasteiger partial charge in [-0.1, -0.05) is 37.3 Å². The summed E-state index contributed by atoms with van der Waals surface area (Å²) < 4.78 is 0. The molecule has 1 saturated carbocycles. The van der Waals surface area contributed by atoms with E-state index in [-0.39, 0.29) is 11.3 Å². The highest BCUT2D eigenvalue weighted by molar-refractivity contribution is 5.91. The van der Waals surface area contributed by atoms with E-state index in [0.29, 0.717) is 12.0 Å². The van der Waals surface area contributed by atoms with Crippen LogP contribution in [0.4, 0.5) is 0 Å². The van der Waals surface area contributed by atoms with Crippen molar-refractivity contribution in [1.29, 1.82) is 0 Å². The molecule has 2 N–H and O–H groups in total. The molecule has 102 valence electrons. The van der Waals surface area contributed by atoms with Crippen molar-refractivity contribution in [2.75, 3.05) is 13.1 Å². The van der Waals surface area contributed by atoms with Gasteiger partial charge in [0.1, 0.15) is 0 Å². The van der Waals surface area contributed by atoms with Gasteiger partial charge < -0.3 is 10.6 Å². The Morgan fingerprint density at radius 3 is 2.68 bits per heavy atom. The fourth-order valence-electron chi connectivity index (χ4n) is 3.06. The van der Waals surface area contributed by atoms with Crippen LogP contribution in [-0.4, -0.2) is 25.0 Å². The molecule has 3 rings (SSSR count). The minimum absolute atomic E-state index is 0.230. The normalized spacial score (nSPS) is 28.7. The molecule has 0 radical (unpaired) electrons. The van der Waals surface area contributed by atoms with Crippen LogP contribution in [0.3, 0.4) is 0 Å². The molecule has 2 fully saturated rings. The Hall–Kier alpha value is -1.35. The van der Waals surface area contributed by atoms with Crippen molar-refractivity contribution in [3.63, 3.8) is 0 Å². The van der Waals surface area contributed by atoms with E-state index in [0.717, 1.165) is 32.4 Å². The zero-order valence-corrected chi connectivity index (χ0v) is 11.5. The summed E-state index contributed by atoms with van der Waals surface area (Å²) in [6.45, 7) is 4.22. The number of carbonyl (C=O) groups excluding carboxylic acids is 1. The minimum atomic E-state index is -0.230. The van der Waals surface area contributed by atoms with Crippen LogP contribution in [0.15, 0.2) is 30.3 Å². The Balaban J connectivity index is 1.70. The summed E-state index contributed by atoms with van der Waals surface area (Å²) in [5.41, 5.74) is 0.945. The fraction of sp³-hybridized carbons (Fsp3) is 0.562. The largest absolute Gasteiger partial charge is 0.352 e. The first-order valence-corrected chi connectivity index (χ1v) is 7.29. The Labute approximate surface area is 114 Å². The SMILES string of the molecule is CC1CNCCC1NC(=O)C1(c2ccccc2)CC1. The molecular weight excluding hydrogens is 236 g/mol. The van der Waals surface area contributed by atoms with Gasteiger partial charge in [-0.05, 0) is 43.8 Å². The number of hydrogen-bond donors (Lipinski definition) is 2. The van der Waals surface area contributed by atoms with Crippen molar-refractivity contribution in [3.8, 4) is 0 Å². The average Bonchev–Trinajstić information content (AvgIpc) is 3.24. The number of nitrogens with one attached hydrogen (secondary N) is 2. The first-order valence-electron chi connectivity index (χ1n) is 7.29. The van der Waals surface area contributed by atoms with E-state index in [4.69, 9.17) is 0 Å². The second kappa shape index (κ2) is 4.97. The van der Waals surface area contributed by atoms with Crippen LogP contribution in [0.5, 0.6) is 0 Å². The van der Waals surface area contributed by atoms with Crippen LogP contribution in [0.25, 0.3) is 0 Å². The van der Waals surface area contributed by atoms with Gasteiger partial charge in [-0.2, -0.15) is 0 Å².